The highest BCUT2D eigenvalue weighted by Crippen LogP contribution is 2.21. The van der Waals surface area contributed by atoms with Crippen molar-refractivity contribution in [3.05, 3.63) is 28.5 Å². The Bertz CT molecular complexity index is 493. The molecule has 0 atom stereocenters. The van der Waals surface area contributed by atoms with Crippen LogP contribution in [0, 0.1) is 0 Å². The fourth-order valence-corrected chi connectivity index (χ4v) is 1.80. The first-order chi connectivity index (χ1) is 9.06. The molecule has 112 valence electrons. The molecule has 0 fully saturated rings. The van der Waals surface area contributed by atoms with Crippen molar-refractivity contribution in [2.24, 2.45) is 0 Å². The summed E-state index contributed by atoms with van der Waals surface area (Å²) in [6, 6.07) is 3.28. The fraction of sp³-hybridized carbons (Fsp3) is 0.600. The number of pyridine rings is 1. The molecule has 1 aromatic rings. The first-order valence-corrected chi connectivity index (χ1v) is 7.16. The molecule has 0 aliphatic heterocycles. The number of aryl methyl sites for hydroxylation is 1. The molecule has 20 heavy (non-hydrogen) atoms. The van der Waals surface area contributed by atoms with Crippen molar-refractivity contribution < 1.29 is 9.90 Å². The molecule has 1 amide bonds. The van der Waals surface area contributed by atoms with Crippen molar-refractivity contribution in [2.75, 3.05) is 0 Å². The maximum Gasteiger partial charge on any atom is 0.251 e. The van der Waals surface area contributed by atoms with E-state index in [9.17, 15) is 9.90 Å². The van der Waals surface area contributed by atoms with E-state index in [-0.39, 0.29) is 5.91 Å². The Labute approximate surface area is 125 Å². The number of rotatable bonds is 5. The van der Waals surface area contributed by atoms with Gasteiger partial charge in [0.1, 0.15) is 5.15 Å². The average molecular weight is 299 g/mol. The molecule has 0 radical (unpaired) electrons. The third-order valence-corrected chi connectivity index (χ3v) is 3.76. The van der Waals surface area contributed by atoms with E-state index in [1.807, 2.05) is 6.92 Å². The molecule has 0 saturated carbocycles. The zero-order valence-electron chi connectivity index (χ0n) is 12.7. The van der Waals surface area contributed by atoms with Gasteiger partial charge in [0.05, 0.1) is 11.1 Å². The largest absolute Gasteiger partial charge is 0.388 e. The van der Waals surface area contributed by atoms with E-state index in [1.54, 1.807) is 33.8 Å². The van der Waals surface area contributed by atoms with Gasteiger partial charge in [-0.2, -0.15) is 0 Å². The van der Waals surface area contributed by atoms with Gasteiger partial charge in [0.25, 0.3) is 5.91 Å². The molecular weight excluding hydrogens is 276 g/mol. The lowest BCUT2D eigenvalue weighted by molar-refractivity contribution is -0.00293. The lowest BCUT2D eigenvalue weighted by Gasteiger charge is -2.38. The van der Waals surface area contributed by atoms with Crippen LogP contribution in [0.1, 0.15) is 57.1 Å². The van der Waals surface area contributed by atoms with Gasteiger partial charge in [-0.1, -0.05) is 24.9 Å². The average Bonchev–Trinajstić information content (AvgIpc) is 2.26. The third kappa shape index (κ3) is 4.18. The minimum Gasteiger partial charge on any atom is -0.388 e. The number of hydrogen-bond donors (Lipinski definition) is 2. The maximum atomic E-state index is 12.3. The summed E-state index contributed by atoms with van der Waals surface area (Å²) in [4.78, 5) is 16.5. The monoisotopic (exact) mass is 298 g/mol. The molecule has 0 aliphatic carbocycles. The second kappa shape index (κ2) is 6.10. The molecule has 0 bridgehead atoms. The Kier molecular flexibility index (Phi) is 5.16. The van der Waals surface area contributed by atoms with E-state index in [1.165, 1.54) is 6.07 Å². The minimum absolute atomic E-state index is 0.265. The van der Waals surface area contributed by atoms with Crippen LogP contribution in [0.25, 0.3) is 0 Å². The smallest absolute Gasteiger partial charge is 0.251 e. The number of nitrogens with zero attached hydrogens (tertiary/aromatic N) is 1. The molecular formula is C15H23ClN2O2. The summed E-state index contributed by atoms with van der Waals surface area (Å²) in [6.07, 6.45) is 1.71. The Morgan fingerprint density at radius 2 is 1.95 bits per heavy atom. The van der Waals surface area contributed by atoms with Crippen LogP contribution in [0.2, 0.25) is 5.15 Å². The lowest BCUT2D eigenvalue weighted by Crippen LogP contribution is -2.57. The van der Waals surface area contributed by atoms with Gasteiger partial charge >= 0.3 is 0 Å². The minimum atomic E-state index is -1.04. The summed E-state index contributed by atoms with van der Waals surface area (Å²) in [6.45, 7) is 8.92. The number of halogens is 1. The van der Waals surface area contributed by atoms with Crippen LogP contribution in [0.5, 0.6) is 0 Å². The Morgan fingerprint density at radius 3 is 2.45 bits per heavy atom. The van der Waals surface area contributed by atoms with Crippen LogP contribution < -0.4 is 5.32 Å². The predicted octanol–water partition coefficient (Wildman–Crippen LogP) is 2.97. The second-order valence-corrected chi connectivity index (χ2v) is 6.45. The summed E-state index contributed by atoms with van der Waals surface area (Å²) < 4.78 is 0. The lowest BCUT2D eigenvalue weighted by atomic mass is 9.86. The molecule has 2 N–H and O–H groups in total. The van der Waals surface area contributed by atoms with Crippen molar-refractivity contribution in [1.29, 1.82) is 0 Å². The SMILES string of the molecule is CCCc1cc(C(=O)NC(C)(C)C(C)(C)O)cc(Cl)n1. The van der Waals surface area contributed by atoms with E-state index >= 15 is 0 Å². The highest BCUT2D eigenvalue weighted by Gasteiger charge is 2.36. The summed E-state index contributed by atoms with van der Waals surface area (Å²) in [5.41, 5.74) is -0.534. The molecule has 1 aromatic heterocycles. The maximum absolute atomic E-state index is 12.3. The van der Waals surface area contributed by atoms with Crippen LogP contribution in [-0.4, -0.2) is 27.1 Å². The van der Waals surface area contributed by atoms with Gasteiger partial charge in [0.2, 0.25) is 0 Å². The zero-order chi connectivity index (χ0) is 15.6. The number of carbonyl (C=O) groups is 1. The Balaban J connectivity index is 2.98. The number of amides is 1. The van der Waals surface area contributed by atoms with Crippen molar-refractivity contribution in [2.45, 2.75) is 58.6 Å². The number of aliphatic hydroxyl groups is 1. The van der Waals surface area contributed by atoms with Crippen molar-refractivity contribution >= 4 is 17.5 Å². The Hall–Kier alpha value is -1.13. The normalized spacial score (nSPS) is 12.3. The molecule has 0 unspecified atom stereocenters. The first kappa shape index (κ1) is 16.9. The summed E-state index contributed by atoms with van der Waals surface area (Å²) in [5.74, 6) is -0.265. The van der Waals surface area contributed by atoms with Crippen molar-refractivity contribution in [1.82, 2.24) is 10.3 Å². The van der Waals surface area contributed by atoms with E-state index in [0.717, 1.165) is 18.5 Å². The van der Waals surface area contributed by atoms with Crippen LogP contribution in [-0.2, 0) is 6.42 Å². The van der Waals surface area contributed by atoms with Gasteiger partial charge in [-0.15, -0.1) is 0 Å². The van der Waals surface area contributed by atoms with Gasteiger partial charge in [-0.3, -0.25) is 4.79 Å². The number of nitrogens with one attached hydrogen (secondary N) is 1. The molecule has 1 rings (SSSR count). The molecule has 0 aliphatic rings. The number of hydrogen-bond acceptors (Lipinski definition) is 3. The summed E-state index contributed by atoms with van der Waals surface area (Å²) in [5, 5.41) is 13.2. The number of aromatic nitrogens is 1. The van der Waals surface area contributed by atoms with E-state index < -0.39 is 11.1 Å². The topological polar surface area (TPSA) is 62.2 Å². The molecule has 4 nitrogen and oxygen atoms in total. The van der Waals surface area contributed by atoms with E-state index in [4.69, 9.17) is 11.6 Å². The molecule has 0 saturated heterocycles. The van der Waals surface area contributed by atoms with Gasteiger partial charge < -0.3 is 10.4 Å². The standard InChI is InChI=1S/C15H23ClN2O2/c1-6-7-11-8-10(9-12(16)17-11)13(19)18-14(2,3)15(4,5)20/h8-9,20H,6-7H2,1-5H3,(H,18,19). The summed E-state index contributed by atoms with van der Waals surface area (Å²) >= 11 is 5.95. The van der Waals surface area contributed by atoms with Crippen LogP contribution in [0.4, 0.5) is 0 Å². The molecule has 0 spiro atoms. The highest BCUT2D eigenvalue weighted by molar-refractivity contribution is 6.29. The summed E-state index contributed by atoms with van der Waals surface area (Å²) in [7, 11) is 0. The van der Waals surface area contributed by atoms with Crippen LogP contribution >= 0.6 is 11.6 Å². The van der Waals surface area contributed by atoms with Crippen LogP contribution in [0.3, 0.4) is 0 Å². The predicted molar refractivity (Wildman–Crippen MR) is 81.1 cm³/mol. The molecule has 1 heterocycles. The van der Waals surface area contributed by atoms with Gasteiger partial charge in [0.15, 0.2) is 0 Å². The fourth-order valence-electron chi connectivity index (χ4n) is 1.58. The first-order valence-electron chi connectivity index (χ1n) is 6.78. The van der Waals surface area contributed by atoms with E-state index in [0.29, 0.717) is 10.7 Å². The quantitative estimate of drug-likeness (QED) is 0.822. The van der Waals surface area contributed by atoms with Crippen molar-refractivity contribution in [3.8, 4) is 0 Å². The Morgan fingerprint density at radius 1 is 1.35 bits per heavy atom. The third-order valence-electron chi connectivity index (χ3n) is 3.57. The second-order valence-electron chi connectivity index (χ2n) is 6.06. The zero-order valence-corrected chi connectivity index (χ0v) is 13.5. The molecule has 5 heteroatoms. The van der Waals surface area contributed by atoms with Gasteiger partial charge in [-0.25, -0.2) is 4.98 Å². The van der Waals surface area contributed by atoms with Gasteiger partial charge in [-0.05, 0) is 46.2 Å². The molecule has 0 aromatic carbocycles. The van der Waals surface area contributed by atoms with Gasteiger partial charge in [0, 0.05) is 11.3 Å². The number of carbonyl (C=O) groups excluding carboxylic acids is 1. The van der Waals surface area contributed by atoms with E-state index in [2.05, 4.69) is 10.3 Å². The highest BCUT2D eigenvalue weighted by atomic mass is 35.5. The van der Waals surface area contributed by atoms with Crippen LogP contribution in [0.15, 0.2) is 12.1 Å². The van der Waals surface area contributed by atoms with Crippen molar-refractivity contribution in [3.63, 3.8) is 0 Å².